The van der Waals surface area contributed by atoms with E-state index in [4.69, 9.17) is 0 Å². The van der Waals surface area contributed by atoms with Crippen molar-refractivity contribution >= 4 is 11.6 Å². The van der Waals surface area contributed by atoms with Crippen molar-refractivity contribution in [3.05, 3.63) is 11.4 Å². The lowest BCUT2D eigenvalue weighted by Crippen LogP contribution is -2.23. The van der Waals surface area contributed by atoms with E-state index in [0.29, 0.717) is 17.9 Å². The molecule has 1 aromatic heterocycles. The van der Waals surface area contributed by atoms with E-state index < -0.39 is 0 Å². The van der Waals surface area contributed by atoms with Crippen LogP contribution in [0.1, 0.15) is 51.9 Å². The first-order chi connectivity index (χ1) is 8.36. The second-order valence-electron chi connectivity index (χ2n) is 5.49. The summed E-state index contributed by atoms with van der Waals surface area (Å²) in [4.78, 5) is 9.18. The predicted octanol–water partition coefficient (Wildman–Crippen LogP) is 3.41. The van der Waals surface area contributed by atoms with Gasteiger partial charge in [0.05, 0.1) is 0 Å². The maximum absolute atomic E-state index is 4.64. The molecule has 102 valence electrons. The van der Waals surface area contributed by atoms with E-state index in [-0.39, 0.29) is 0 Å². The summed E-state index contributed by atoms with van der Waals surface area (Å²) in [6, 6.07) is 0.392. The second kappa shape index (κ2) is 6.03. The number of nitrogens with zero attached hydrogens (tertiary/aromatic N) is 2. The molecule has 0 aliphatic heterocycles. The van der Waals surface area contributed by atoms with Gasteiger partial charge in [-0.05, 0) is 19.8 Å². The quantitative estimate of drug-likeness (QED) is 0.841. The molecular formula is C14H26N4. The minimum Gasteiger partial charge on any atom is -0.373 e. The summed E-state index contributed by atoms with van der Waals surface area (Å²) >= 11 is 0. The Morgan fingerprint density at radius 3 is 1.94 bits per heavy atom. The van der Waals surface area contributed by atoms with Crippen LogP contribution in [0.25, 0.3) is 0 Å². The van der Waals surface area contributed by atoms with Crippen molar-refractivity contribution in [2.24, 2.45) is 5.92 Å². The SMILES string of the molecule is CNc1nc(C(C)C)nc(NC(C)C(C)C)c1C. The van der Waals surface area contributed by atoms with Gasteiger partial charge in [0.2, 0.25) is 0 Å². The molecule has 0 spiro atoms. The molecule has 0 radical (unpaired) electrons. The third-order valence-corrected chi connectivity index (χ3v) is 3.28. The molecule has 0 bridgehead atoms. The zero-order valence-corrected chi connectivity index (χ0v) is 12.6. The highest BCUT2D eigenvalue weighted by molar-refractivity contribution is 5.57. The molecule has 4 heteroatoms. The molecule has 0 aliphatic carbocycles. The Bertz CT molecular complexity index is 399. The first-order valence-electron chi connectivity index (χ1n) is 6.69. The zero-order chi connectivity index (χ0) is 13.9. The Morgan fingerprint density at radius 1 is 0.944 bits per heavy atom. The van der Waals surface area contributed by atoms with Crippen LogP contribution in [0.5, 0.6) is 0 Å². The van der Waals surface area contributed by atoms with Gasteiger partial charge in [-0.2, -0.15) is 0 Å². The lowest BCUT2D eigenvalue weighted by Gasteiger charge is -2.21. The first-order valence-corrected chi connectivity index (χ1v) is 6.69. The summed E-state index contributed by atoms with van der Waals surface area (Å²) in [5, 5.41) is 6.63. The van der Waals surface area contributed by atoms with Crippen LogP contribution in [0.15, 0.2) is 0 Å². The van der Waals surface area contributed by atoms with Gasteiger partial charge < -0.3 is 10.6 Å². The van der Waals surface area contributed by atoms with Crippen molar-refractivity contribution in [1.82, 2.24) is 9.97 Å². The number of nitrogens with one attached hydrogen (secondary N) is 2. The van der Waals surface area contributed by atoms with Crippen LogP contribution in [-0.4, -0.2) is 23.1 Å². The van der Waals surface area contributed by atoms with Gasteiger partial charge in [0, 0.05) is 24.6 Å². The monoisotopic (exact) mass is 250 g/mol. The van der Waals surface area contributed by atoms with Gasteiger partial charge in [-0.1, -0.05) is 27.7 Å². The van der Waals surface area contributed by atoms with Crippen LogP contribution in [-0.2, 0) is 0 Å². The number of hydrogen-bond acceptors (Lipinski definition) is 4. The second-order valence-corrected chi connectivity index (χ2v) is 5.49. The Labute approximate surface area is 111 Å². The molecule has 1 rings (SSSR count). The zero-order valence-electron chi connectivity index (χ0n) is 12.6. The van der Waals surface area contributed by atoms with E-state index >= 15 is 0 Å². The van der Waals surface area contributed by atoms with Gasteiger partial charge in [-0.25, -0.2) is 9.97 Å². The Kier molecular flexibility index (Phi) is 4.93. The minimum absolute atomic E-state index is 0.326. The van der Waals surface area contributed by atoms with Gasteiger partial charge in [-0.3, -0.25) is 0 Å². The predicted molar refractivity (Wildman–Crippen MR) is 78.3 cm³/mol. The van der Waals surface area contributed by atoms with Crippen LogP contribution in [0.3, 0.4) is 0 Å². The normalized spacial score (nSPS) is 12.9. The number of anilines is 2. The molecule has 1 unspecified atom stereocenters. The highest BCUT2D eigenvalue weighted by Gasteiger charge is 2.15. The molecule has 0 fully saturated rings. The van der Waals surface area contributed by atoms with Crippen LogP contribution in [0, 0.1) is 12.8 Å². The summed E-state index contributed by atoms with van der Waals surface area (Å²) in [5.41, 5.74) is 1.08. The molecule has 0 aliphatic rings. The van der Waals surface area contributed by atoms with E-state index in [1.165, 1.54) is 0 Å². The van der Waals surface area contributed by atoms with Crippen molar-refractivity contribution in [2.45, 2.75) is 53.5 Å². The van der Waals surface area contributed by atoms with Crippen molar-refractivity contribution < 1.29 is 0 Å². The molecule has 0 saturated carbocycles. The van der Waals surface area contributed by atoms with E-state index in [9.17, 15) is 0 Å². The minimum atomic E-state index is 0.326. The van der Waals surface area contributed by atoms with Crippen LogP contribution in [0.4, 0.5) is 11.6 Å². The summed E-state index contributed by atoms with van der Waals surface area (Å²) in [6.07, 6.45) is 0. The number of hydrogen-bond donors (Lipinski definition) is 2. The largest absolute Gasteiger partial charge is 0.373 e. The lowest BCUT2D eigenvalue weighted by atomic mass is 10.1. The van der Waals surface area contributed by atoms with Gasteiger partial charge in [0.25, 0.3) is 0 Å². The van der Waals surface area contributed by atoms with E-state index in [1.54, 1.807) is 0 Å². The summed E-state index contributed by atoms with van der Waals surface area (Å²) in [6.45, 7) is 12.9. The molecule has 0 aromatic carbocycles. The highest BCUT2D eigenvalue weighted by Crippen LogP contribution is 2.24. The fourth-order valence-electron chi connectivity index (χ4n) is 1.56. The van der Waals surface area contributed by atoms with E-state index in [2.05, 4.69) is 55.2 Å². The highest BCUT2D eigenvalue weighted by atomic mass is 15.1. The van der Waals surface area contributed by atoms with E-state index in [0.717, 1.165) is 23.0 Å². The summed E-state index contributed by atoms with van der Waals surface area (Å²) in [7, 11) is 1.90. The first kappa shape index (κ1) is 14.7. The maximum atomic E-state index is 4.64. The molecule has 0 saturated heterocycles. The van der Waals surface area contributed by atoms with Gasteiger partial charge in [0.15, 0.2) is 0 Å². The molecule has 2 N–H and O–H groups in total. The van der Waals surface area contributed by atoms with Crippen molar-refractivity contribution in [3.8, 4) is 0 Å². The van der Waals surface area contributed by atoms with Crippen LogP contribution in [0.2, 0.25) is 0 Å². The Hall–Kier alpha value is -1.32. The van der Waals surface area contributed by atoms with Crippen molar-refractivity contribution in [1.29, 1.82) is 0 Å². The third-order valence-electron chi connectivity index (χ3n) is 3.28. The number of rotatable bonds is 5. The van der Waals surface area contributed by atoms with Gasteiger partial charge >= 0.3 is 0 Å². The van der Waals surface area contributed by atoms with Gasteiger partial charge in [-0.15, -0.1) is 0 Å². The molecule has 4 nitrogen and oxygen atoms in total. The Balaban J connectivity index is 3.12. The third kappa shape index (κ3) is 3.34. The number of aromatic nitrogens is 2. The maximum Gasteiger partial charge on any atom is 0.135 e. The molecule has 0 amide bonds. The van der Waals surface area contributed by atoms with E-state index in [1.807, 2.05) is 14.0 Å². The fraction of sp³-hybridized carbons (Fsp3) is 0.714. The molecule has 1 heterocycles. The van der Waals surface area contributed by atoms with Crippen molar-refractivity contribution in [3.63, 3.8) is 0 Å². The molecule has 18 heavy (non-hydrogen) atoms. The fourth-order valence-corrected chi connectivity index (χ4v) is 1.56. The smallest absolute Gasteiger partial charge is 0.135 e. The summed E-state index contributed by atoms with van der Waals surface area (Å²) in [5.74, 6) is 3.63. The Morgan fingerprint density at radius 2 is 1.50 bits per heavy atom. The van der Waals surface area contributed by atoms with Gasteiger partial charge in [0.1, 0.15) is 17.5 Å². The molecular weight excluding hydrogens is 224 g/mol. The van der Waals surface area contributed by atoms with Crippen LogP contribution < -0.4 is 10.6 Å². The van der Waals surface area contributed by atoms with Crippen LogP contribution >= 0.6 is 0 Å². The molecule has 1 atom stereocenters. The summed E-state index contributed by atoms with van der Waals surface area (Å²) < 4.78 is 0. The topological polar surface area (TPSA) is 49.8 Å². The average Bonchev–Trinajstić information content (AvgIpc) is 2.31. The van der Waals surface area contributed by atoms with Crippen molar-refractivity contribution in [2.75, 3.05) is 17.7 Å². The average molecular weight is 250 g/mol. The standard InChI is InChI=1S/C14H26N4/c1-8(2)11(6)16-14-10(5)13(15-7)17-12(18-14)9(3)4/h8-9,11H,1-7H3,(H2,15,16,17,18). The molecule has 1 aromatic rings. The lowest BCUT2D eigenvalue weighted by molar-refractivity contribution is 0.557.